The molecular weight excluding hydrogens is 455 g/mol. The molecule has 3 aromatic rings. The van der Waals surface area contributed by atoms with Crippen LogP contribution in [0.2, 0.25) is 0 Å². The lowest BCUT2D eigenvalue weighted by Gasteiger charge is -2.35. The summed E-state index contributed by atoms with van der Waals surface area (Å²) >= 11 is 0. The van der Waals surface area contributed by atoms with E-state index in [0.717, 1.165) is 5.56 Å². The van der Waals surface area contributed by atoms with Crippen molar-refractivity contribution in [3.8, 4) is 11.3 Å². The van der Waals surface area contributed by atoms with Crippen LogP contribution in [0.1, 0.15) is 6.92 Å². The maximum Gasteiger partial charge on any atom is 0.270 e. The third kappa shape index (κ3) is 5.07. The number of hydrogen-bond donors (Lipinski definition) is 1. The maximum absolute atomic E-state index is 12.1. The van der Waals surface area contributed by atoms with Crippen LogP contribution < -0.4 is 10.6 Å². The summed E-state index contributed by atoms with van der Waals surface area (Å²) in [6, 6.07) is 13.7. The van der Waals surface area contributed by atoms with Crippen molar-refractivity contribution >= 4 is 53.3 Å². The topological polar surface area (TPSA) is 118 Å². The van der Waals surface area contributed by atoms with Crippen LogP contribution in [0.4, 0.5) is 11.6 Å². The molecular formula is C21H24Cl2N6O3. The highest BCUT2D eigenvalue weighted by molar-refractivity contribution is 5.94. The van der Waals surface area contributed by atoms with Crippen LogP contribution in [0.15, 0.2) is 48.5 Å². The summed E-state index contributed by atoms with van der Waals surface area (Å²) in [5.74, 6) is 0.481. The van der Waals surface area contributed by atoms with Crippen molar-refractivity contribution in [3.05, 3.63) is 58.6 Å². The average molecular weight is 479 g/mol. The lowest BCUT2D eigenvalue weighted by atomic mass is 10.1. The third-order valence-corrected chi connectivity index (χ3v) is 5.19. The lowest BCUT2D eigenvalue weighted by Crippen LogP contribution is -2.52. The Morgan fingerprint density at radius 3 is 2.31 bits per heavy atom. The fraction of sp³-hybridized carbons (Fsp3) is 0.286. The Balaban J connectivity index is 0.00000181. The van der Waals surface area contributed by atoms with Gasteiger partial charge < -0.3 is 15.5 Å². The molecule has 2 aromatic carbocycles. The molecule has 0 spiro atoms. The zero-order chi connectivity index (χ0) is 21.3. The Labute approximate surface area is 197 Å². The summed E-state index contributed by atoms with van der Waals surface area (Å²) in [7, 11) is 0. The molecule has 4 rings (SSSR count). The van der Waals surface area contributed by atoms with Gasteiger partial charge in [-0.1, -0.05) is 30.3 Å². The van der Waals surface area contributed by atoms with Crippen LogP contribution in [-0.2, 0) is 4.79 Å². The van der Waals surface area contributed by atoms with E-state index in [1.807, 2.05) is 35.2 Å². The lowest BCUT2D eigenvalue weighted by molar-refractivity contribution is -0.384. The minimum atomic E-state index is -0.519. The molecule has 0 aliphatic carbocycles. The Kier molecular flexibility index (Phi) is 8.31. The van der Waals surface area contributed by atoms with Crippen LogP contribution in [0.3, 0.4) is 0 Å². The fourth-order valence-electron chi connectivity index (χ4n) is 3.59. The smallest absolute Gasteiger partial charge is 0.270 e. The predicted octanol–water partition coefficient (Wildman–Crippen LogP) is 3.04. The summed E-state index contributed by atoms with van der Waals surface area (Å²) in [5, 5.41) is 11.9. The molecule has 0 bridgehead atoms. The number of carbonyl (C=O) groups is 1. The second kappa shape index (κ2) is 10.5. The number of nitro groups is 1. The van der Waals surface area contributed by atoms with Gasteiger partial charge >= 0.3 is 0 Å². The van der Waals surface area contributed by atoms with Crippen molar-refractivity contribution in [1.29, 1.82) is 0 Å². The van der Waals surface area contributed by atoms with Crippen molar-refractivity contribution in [3.63, 3.8) is 0 Å². The molecule has 1 aliphatic rings. The zero-order valence-electron chi connectivity index (χ0n) is 17.4. The molecule has 1 saturated heterocycles. The number of nitro benzene ring substituents is 1. The monoisotopic (exact) mass is 478 g/mol. The Morgan fingerprint density at radius 2 is 1.72 bits per heavy atom. The van der Waals surface area contributed by atoms with Gasteiger partial charge in [0, 0.05) is 49.3 Å². The normalized spacial score (nSPS) is 14.3. The molecule has 32 heavy (non-hydrogen) atoms. The van der Waals surface area contributed by atoms with E-state index in [-0.39, 0.29) is 36.4 Å². The van der Waals surface area contributed by atoms with Gasteiger partial charge in [-0.3, -0.25) is 14.9 Å². The van der Waals surface area contributed by atoms with E-state index >= 15 is 0 Å². The molecule has 1 aliphatic heterocycles. The molecule has 11 heteroatoms. The van der Waals surface area contributed by atoms with Gasteiger partial charge in [-0.05, 0) is 13.0 Å². The summed E-state index contributed by atoms with van der Waals surface area (Å²) in [6.07, 6.45) is 0. The van der Waals surface area contributed by atoms with Crippen molar-refractivity contribution in [2.75, 3.05) is 31.1 Å². The van der Waals surface area contributed by atoms with Crippen LogP contribution in [0, 0.1) is 10.1 Å². The van der Waals surface area contributed by atoms with Gasteiger partial charge in [0.2, 0.25) is 11.9 Å². The van der Waals surface area contributed by atoms with Crippen molar-refractivity contribution in [1.82, 2.24) is 14.9 Å². The van der Waals surface area contributed by atoms with E-state index in [2.05, 4.69) is 4.98 Å². The molecule has 1 amide bonds. The molecule has 1 atom stereocenters. The minimum absolute atomic E-state index is 0. The van der Waals surface area contributed by atoms with Gasteiger partial charge in [-0.2, -0.15) is 0 Å². The van der Waals surface area contributed by atoms with E-state index in [9.17, 15) is 14.9 Å². The van der Waals surface area contributed by atoms with E-state index in [1.54, 1.807) is 17.9 Å². The number of amides is 1. The van der Waals surface area contributed by atoms with Crippen LogP contribution >= 0.6 is 24.8 Å². The molecule has 9 nitrogen and oxygen atoms in total. The third-order valence-electron chi connectivity index (χ3n) is 5.19. The van der Waals surface area contributed by atoms with E-state index in [4.69, 9.17) is 10.7 Å². The van der Waals surface area contributed by atoms with Crippen molar-refractivity contribution in [2.45, 2.75) is 13.0 Å². The summed E-state index contributed by atoms with van der Waals surface area (Å²) < 4.78 is 0. The number of fused-ring (bicyclic) bond motifs is 1. The first-order chi connectivity index (χ1) is 14.4. The zero-order valence-corrected chi connectivity index (χ0v) is 19.0. The number of nitrogens with two attached hydrogens (primary N) is 1. The Bertz CT molecular complexity index is 1110. The molecule has 2 N–H and O–H groups in total. The fourth-order valence-corrected chi connectivity index (χ4v) is 3.59. The first kappa shape index (κ1) is 25.3. The average Bonchev–Trinajstić information content (AvgIpc) is 2.78. The van der Waals surface area contributed by atoms with Gasteiger partial charge in [0.05, 0.1) is 22.2 Å². The summed E-state index contributed by atoms with van der Waals surface area (Å²) in [5.41, 5.74) is 7.86. The molecule has 0 radical (unpaired) electrons. The first-order valence-electron chi connectivity index (χ1n) is 9.75. The number of carbonyl (C=O) groups excluding carboxylic acids is 1. The van der Waals surface area contributed by atoms with Gasteiger partial charge in [-0.25, -0.2) is 9.97 Å². The van der Waals surface area contributed by atoms with E-state index in [0.29, 0.717) is 48.7 Å². The Morgan fingerprint density at radius 1 is 1.06 bits per heavy atom. The van der Waals surface area contributed by atoms with Crippen LogP contribution in [-0.4, -0.2) is 57.9 Å². The SMILES string of the molecule is CC(N)C(=O)N1CCN(c2nc(-c3ccccc3)c3cc([N+](=O)[O-])ccc3n2)CC1.Cl.Cl. The molecule has 0 saturated carbocycles. The minimum Gasteiger partial charge on any atom is -0.338 e. The van der Waals surface area contributed by atoms with Gasteiger partial charge in [0.1, 0.15) is 0 Å². The van der Waals surface area contributed by atoms with Gasteiger partial charge in [-0.15, -0.1) is 24.8 Å². The van der Waals surface area contributed by atoms with Gasteiger partial charge in [0.25, 0.3) is 5.69 Å². The number of anilines is 1. The molecule has 1 unspecified atom stereocenters. The predicted molar refractivity (Wildman–Crippen MR) is 129 cm³/mol. The van der Waals surface area contributed by atoms with E-state index < -0.39 is 11.0 Å². The number of nitrogens with zero attached hydrogens (tertiary/aromatic N) is 5. The summed E-state index contributed by atoms with van der Waals surface area (Å²) in [4.78, 5) is 36.2. The maximum atomic E-state index is 12.1. The number of hydrogen-bond acceptors (Lipinski definition) is 7. The van der Waals surface area contributed by atoms with E-state index in [1.165, 1.54) is 12.1 Å². The number of halogens is 2. The number of benzene rings is 2. The quantitative estimate of drug-likeness (QED) is 0.451. The highest BCUT2D eigenvalue weighted by Crippen LogP contribution is 2.31. The standard InChI is InChI=1S/C21H22N6O3.2ClH/c1-14(22)20(28)25-9-11-26(12-10-25)21-23-18-8-7-16(27(29)30)13-17(18)19(24-21)15-5-3-2-4-6-15;;/h2-8,13-14H,9-12,22H2,1H3;2*1H. The number of aromatic nitrogens is 2. The largest absolute Gasteiger partial charge is 0.338 e. The van der Waals surface area contributed by atoms with Crippen molar-refractivity contribution in [2.24, 2.45) is 5.73 Å². The van der Waals surface area contributed by atoms with Crippen molar-refractivity contribution < 1.29 is 9.72 Å². The molecule has 1 fully saturated rings. The highest BCUT2D eigenvalue weighted by atomic mass is 35.5. The Hall–Kier alpha value is -3.01. The summed E-state index contributed by atoms with van der Waals surface area (Å²) in [6.45, 7) is 3.95. The second-order valence-electron chi connectivity index (χ2n) is 7.30. The molecule has 1 aromatic heterocycles. The van der Waals surface area contributed by atoms with Crippen LogP contribution in [0.5, 0.6) is 0 Å². The first-order valence-corrected chi connectivity index (χ1v) is 9.75. The number of rotatable bonds is 4. The molecule has 2 heterocycles. The second-order valence-corrected chi connectivity index (χ2v) is 7.30. The number of piperazine rings is 1. The number of non-ortho nitro benzene ring substituents is 1. The van der Waals surface area contributed by atoms with Gasteiger partial charge in [0.15, 0.2) is 0 Å². The highest BCUT2D eigenvalue weighted by Gasteiger charge is 2.25. The van der Waals surface area contributed by atoms with Crippen LogP contribution in [0.25, 0.3) is 22.2 Å². The molecule has 170 valence electrons.